The molecular weight excluding hydrogens is 527 g/mol. The molecular formula is C24H17ClF3N7O3. The van der Waals surface area contributed by atoms with Crippen LogP contribution in [0.25, 0.3) is 11.3 Å². The number of nitrogens with one attached hydrogen (secondary N) is 2. The minimum Gasteiger partial charge on any atom is -0.324 e. The summed E-state index contributed by atoms with van der Waals surface area (Å²) in [5.41, 5.74) is 0.290. The van der Waals surface area contributed by atoms with Gasteiger partial charge in [0.15, 0.2) is 5.82 Å². The summed E-state index contributed by atoms with van der Waals surface area (Å²) in [6.45, 7) is 0. The standard InChI is InChI=1S/C24H17ClF3N7O3/c25-15-3-6-17(34-10-29-32-33-34)20(21(15)26)11-7-13-2-5-18(35(13)19(36)8-11)22(37)30-12-1-4-16-14(9-12)24(27,28)23(38)31-16/h1,3-4,6,8-10,13,18H,2,5,7H2,(H,30,37)(H,31,38)/t13-,18+/m1/s1. The van der Waals surface area contributed by atoms with Gasteiger partial charge in [-0.3, -0.25) is 14.4 Å². The number of tetrazole rings is 1. The Kier molecular flexibility index (Phi) is 5.49. The van der Waals surface area contributed by atoms with Gasteiger partial charge >= 0.3 is 5.92 Å². The van der Waals surface area contributed by atoms with Crippen LogP contribution in [0.1, 0.15) is 30.4 Å². The van der Waals surface area contributed by atoms with E-state index in [1.807, 2.05) is 0 Å². The molecule has 3 amide bonds. The summed E-state index contributed by atoms with van der Waals surface area (Å²) in [5.74, 6) is -6.92. The summed E-state index contributed by atoms with van der Waals surface area (Å²) in [6.07, 6.45) is 3.59. The number of halogens is 4. The summed E-state index contributed by atoms with van der Waals surface area (Å²) in [6, 6.07) is 5.37. The first-order chi connectivity index (χ1) is 18.1. The lowest BCUT2D eigenvalue weighted by Gasteiger charge is -2.33. The summed E-state index contributed by atoms with van der Waals surface area (Å²) in [5, 5.41) is 15.5. The smallest absolute Gasteiger partial charge is 0.324 e. The molecule has 3 aliphatic heterocycles. The minimum atomic E-state index is -3.71. The van der Waals surface area contributed by atoms with E-state index in [1.54, 1.807) is 6.07 Å². The van der Waals surface area contributed by atoms with E-state index < -0.39 is 47.1 Å². The number of carbonyl (C=O) groups is 3. The SMILES string of the molecule is O=C(Nc1ccc2c(c1)C(F)(F)C(=O)N2)[C@@H]1CC[C@@H]2CC(c3c(-n4cnnn4)ccc(Cl)c3F)=CC(=O)N21. The van der Waals surface area contributed by atoms with Crippen LogP contribution < -0.4 is 10.6 Å². The van der Waals surface area contributed by atoms with Crippen molar-refractivity contribution in [1.29, 1.82) is 0 Å². The average molecular weight is 544 g/mol. The molecule has 2 atom stereocenters. The van der Waals surface area contributed by atoms with Gasteiger partial charge in [0.2, 0.25) is 11.8 Å². The lowest BCUT2D eigenvalue weighted by Crippen LogP contribution is -2.48. The number of nitrogens with zero attached hydrogens (tertiary/aromatic N) is 5. The van der Waals surface area contributed by atoms with Crippen LogP contribution in [0.3, 0.4) is 0 Å². The number of benzene rings is 2. The van der Waals surface area contributed by atoms with Crippen LogP contribution in [0.2, 0.25) is 5.02 Å². The van der Waals surface area contributed by atoms with Gasteiger partial charge in [0.25, 0.3) is 5.91 Å². The van der Waals surface area contributed by atoms with E-state index in [9.17, 15) is 23.2 Å². The van der Waals surface area contributed by atoms with Crippen LogP contribution >= 0.6 is 11.6 Å². The van der Waals surface area contributed by atoms with E-state index in [4.69, 9.17) is 11.6 Å². The second-order valence-electron chi connectivity index (χ2n) is 9.15. The lowest BCUT2D eigenvalue weighted by atomic mass is 9.92. The van der Waals surface area contributed by atoms with Gasteiger partial charge in [-0.15, -0.1) is 5.10 Å². The largest absolute Gasteiger partial charge is 0.352 e. The Morgan fingerprint density at radius 3 is 2.76 bits per heavy atom. The van der Waals surface area contributed by atoms with Crippen molar-refractivity contribution >= 4 is 46.3 Å². The Balaban J connectivity index is 1.26. The van der Waals surface area contributed by atoms with Crippen LogP contribution in [0, 0.1) is 5.82 Å². The number of hydrogen-bond acceptors (Lipinski definition) is 6. The number of aromatic nitrogens is 4. The molecule has 1 saturated heterocycles. The molecule has 0 radical (unpaired) electrons. The fourth-order valence-corrected chi connectivity index (χ4v) is 5.39. The van der Waals surface area contributed by atoms with Gasteiger partial charge in [-0.1, -0.05) is 11.6 Å². The third kappa shape index (κ3) is 3.72. The van der Waals surface area contributed by atoms with E-state index in [0.29, 0.717) is 24.1 Å². The molecule has 0 unspecified atom stereocenters. The van der Waals surface area contributed by atoms with Crippen molar-refractivity contribution in [2.45, 2.75) is 37.3 Å². The van der Waals surface area contributed by atoms with Crippen molar-refractivity contribution in [2.75, 3.05) is 10.6 Å². The monoisotopic (exact) mass is 543 g/mol. The highest BCUT2D eigenvalue weighted by molar-refractivity contribution is 6.31. The maximum absolute atomic E-state index is 15.2. The number of rotatable bonds is 4. The Labute approximate surface area is 217 Å². The predicted octanol–water partition coefficient (Wildman–Crippen LogP) is 3.28. The van der Waals surface area contributed by atoms with Crippen LogP contribution in [0.4, 0.5) is 24.5 Å². The molecule has 6 rings (SSSR count). The van der Waals surface area contributed by atoms with Crippen LogP contribution in [-0.4, -0.2) is 54.9 Å². The van der Waals surface area contributed by atoms with E-state index >= 15 is 4.39 Å². The van der Waals surface area contributed by atoms with Crippen LogP contribution in [-0.2, 0) is 20.3 Å². The van der Waals surface area contributed by atoms with Crippen LogP contribution in [0.5, 0.6) is 0 Å². The van der Waals surface area contributed by atoms with Crippen molar-refractivity contribution in [3.05, 3.63) is 64.7 Å². The summed E-state index contributed by atoms with van der Waals surface area (Å²) < 4.78 is 44.7. The Morgan fingerprint density at radius 1 is 1.18 bits per heavy atom. The van der Waals surface area contributed by atoms with Gasteiger partial charge in [0.1, 0.15) is 12.4 Å². The van der Waals surface area contributed by atoms with Gasteiger partial charge in [-0.2, -0.15) is 13.5 Å². The van der Waals surface area contributed by atoms with Crippen molar-refractivity contribution in [1.82, 2.24) is 25.1 Å². The number of anilines is 2. The first-order valence-corrected chi connectivity index (χ1v) is 11.9. The topological polar surface area (TPSA) is 122 Å². The Morgan fingerprint density at radius 2 is 2.00 bits per heavy atom. The first kappa shape index (κ1) is 24.1. The average Bonchev–Trinajstić information content (AvgIpc) is 3.61. The molecule has 0 bridgehead atoms. The molecule has 3 aromatic rings. The Hall–Kier alpha value is -4.26. The molecule has 10 nitrogen and oxygen atoms in total. The van der Waals surface area contributed by atoms with E-state index in [-0.39, 0.29) is 28.4 Å². The zero-order valence-corrected chi connectivity index (χ0v) is 20.0. The maximum atomic E-state index is 15.2. The van der Waals surface area contributed by atoms with Gasteiger partial charge in [0.05, 0.1) is 22.0 Å². The van der Waals surface area contributed by atoms with E-state index in [2.05, 4.69) is 26.2 Å². The Bertz CT molecular complexity index is 1540. The summed E-state index contributed by atoms with van der Waals surface area (Å²) >= 11 is 6.04. The summed E-state index contributed by atoms with van der Waals surface area (Å²) in [4.78, 5) is 39.2. The molecule has 2 aromatic carbocycles. The molecule has 0 aliphatic carbocycles. The first-order valence-electron chi connectivity index (χ1n) is 11.5. The summed E-state index contributed by atoms with van der Waals surface area (Å²) in [7, 11) is 0. The number of fused-ring (bicyclic) bond motifs is 2. The third-order valence-electron chi connectivity index (χ3n) is 6.96. The molecule has 1 fully saturated rings. The second kappa shape index (κ2) is 8.65. The third-order valence-corrected chi connectivity index (χ3v) is 7.25. The molecule has 1 aromatic heterocycles. The van der Waals surface area contributed by atoms with Crippen molar-refractivity contribution in [3.8, 4) is 5.69 Å². The predicted molar refractivity (Wildman–Crippen MR) is 128 cm³/mol. The fraction of sp³-hybridized carbons (Fsp3) is 0.250. The highest BCUT2D eigenvalue weighted by atomic mass is 35.5. The minimum absolute atomic E-state index is 0.0305. The maximum Gasteiger partial charge on any atom is 0.352 e. The van der Waals surface area contributed by atoms with Gasteiger partial charge < -0.3 is 15.5 Å². The zero-order chi connectivity index (χ0) is 26.8. The molecule has 14 heteroatoms. The molecule has 194 valence electrons. The molecule has 38 heavy (non-hydrogen) atoms. The zero-order valence-electron chi connectivity index (χ0n) is 19.3. The molecule has 3 aliphatic rings. The number of carbonyl (C=O) groups excluding carboxylic acids is 3. The molecule has 4 heterocycles. The van der Waals surface area contributed by atoms with Gasteiger partial charge in [0, 0.05) is 23.4 Å². The molecule has 0 saturated carbocycles. The highest BCUT2D eigenvalue weighted by Crippen LogP contribution is 2.42. The van der Waals surface area contributed by atoms with Gasteiger partial charge in [-0.25, -0.2) is 4.39 Å². The number of amides is 3. The highest BCUT2D eigenvalue weighted by Gasteiger charge is 2.49. The second-order valence-corrected chi connectivity index (χ2v) is 9.56. The van der Waals surface area contributed by atoms with Gasteiger partial charge in [-0.05, 0) is 65.6 Å². The van der Waals surface area contributed by atoms with E-state index in [0.717, 1.165) is 6.07 Å². The van der Waals surface area contributed by atoms with Crippen LogP contribution in [0.15, 0.2) is 42.7 Å². The van der Waals surface area contributed by atoms with E-state index in [1.165, 1.54) is 40.2 Å². The molecule has 2 N–H and O–H groups in total. The number of hydrogen-bond donors (Lipinski definition) is 2. The fourth-order valence-electron chi connectivity index (χ4n) is 5.23. The normalized spacial score (nSPS) is 21.6. The van der Waals surface area contributed by atoms with Crippen molar-refractivity contribution in [3.63, 3.8) is 0 Å². The molecule has 0 spiro atoms. The number of alkyl halides is 2. The quantitative estimate of drug-likeness (QED) is 0.521. The van der Waals surface area contributed by atoms with Crippen molar-refractivity contribution in [2.24, 2.45) is 0 Å². The van der Waals surface area contributed by atoms with Crippen molar-refractivity contribution < 1.29 is 27.6 Å². The lowest BCUT2D eigenvalue weighted by molar-refractivity contribution is -0.139.